The summed E-state index contributed by atoms with van der Waals surface area (Å²) in [6.07, 6.45) is 3.50. The molecule has 22 heavy (non-hydrogen) atoms. The molecule has 1 heterocycles. The van der Waals surface area contributed by atoms with Crippen molar-refractivity contribution in [2.24, 2.45) is 0 Å². The van der Waals surface area contributed by atoms with Gasteiger partial charge in [0.25, 0.3) is 0 Å². The second-order valence-electron chi connectivity index (χ2n) is 5.87. The molecule has 2 N–H and O–H groups in total. The number of nitrogens with zero attached hydrogens (tertiary/aromatic N) is 2. The molecule has 116 valence electrons. The number of amides is 1. The van der Waals surface area contributed by atoms with Crippen LogP contribution >= 0.6 is 0 Å². The summed E-state index contributed by atoms with van der Waals surface area (Å²) in [7, 11) is 0. The van der Waals surface area contributed by atoms with Crippen LogP contribution in [0.2, 0.25) is 0 Å². The predicted octanol–water partition coefficient (Wildman–Crippen LogP) is 2.68. The summed E-state index contributed by atoms with van der Waals surface area (Å²) in [6.45, 7) is 1.73. The van der Waals surface area contributed by atoms with Crippen molar-refractivity contribution in [3.63, 3.8) is 0 Å². The minimum Gasteiger partial charge on any atom is -0.389 e. The molecule has 3 rings (SSSR count). The number of rotatable bonds is 4. The highest BCUT2D eigenvalue weighted by molar-refractivity contribution is 5.92. The molecule has 1 amide bonds. The maximum atomic E-state index is 12.1. The molecule has 0 unspecified atom stereocenters. The molecule has 1 saturated carbocycles. The molecule has 1 fully saturated rings. The number of aromatic nitrogens is 2. The van der Waals surface area contributed by atoms with E-state index in [1.807, 2.05) is 12.1 Å². The highest BCUT2D eigenvalue weighted by Crippen LogP contribution is 2.32. The minimum absolute atomic E-state index is 0.137. The van der Waals surface area contributed by atoms with E-state index < -0.39 is 5.60 Å². The van der Waals surface area contributed by atoms with E-state index in [0.717, 1.165) is 18.4 Å². The van der Waals surface area contributed by atoms with Crippen molar-refractivity contribution in [3.8, 4) is 11.4 Å². The van der Waals surface area contributed by atoms with Crippen molar-refractivity contribution >= 4 is 11.6 Å². The van der Waals surface area contributed by atoms with Gasteiger partial charge < -0.3 is 14.9 Å². The van der Waals surface area contributed by atoms with Crippen molar-refractivity contribution in [1.82, 2.24) is 10.1 Å². The predicted molar refractivity (Wildman–Crippen MR) is 81.1 cm³/mol. The smallest absolute Gasteiger partial charge is 0.227 e. The van der Waals surface area contributed by atoms with E-state index in [2.05, 4.69) is 15.5 Å². The summed E-state index contributed by atoms with van der Waals surface area (Å²) in [4.78, 5) is 16.3. The van der Waals surface area contributed by atoms with Gasteiger partial charge in [0, 0.05) is 18.2 Å². The number of benzene rings is 1. The highest BCUT2D eigenvalue weighted by Gasteiger charge is 2.33. The van der Waals surface area contributed by atoms with E-state index in [-0.39, 0.29) is 12.3 Å². The van der Waals surface area contributed by atoms with Crippen LogP contribution in [0.15, 0.2) is 28.8 Å². The number of carbonyl (C=O) groups excluding carboxylic acids is 1. The van der Waals surface area contributed by atoms with Crippen LogP contribution in [0.1, 0.15) is 38.0 Å². The van der Waals surface area contributed by atoms with Crippen molar-refractivity contribution in [3.05, 3.63) is 30.2 Å². The largest absolute Gasteiger partial charge is 0.389 e. The lowest BCUT2D eigenvalue weighted by atomic mass is 9.97. The molecule has 0 saturated heterocycles. The van der Waals surface area contributed by atoms with Gasteiger partial charge in [0.15, 0.2) is 0 Å². The van der Waals surface area contributed by atoms with Crippen LogP contribution in [0.3, 0.4) is 0 Å². The normalized spacial score (nSPS) is 16.6. The van der Waals surface area contributed by atoms with Crippen LogP contribution in [0.4, 0.5) is 5.69 Å². The fourth-order valence-electron chi connectivity index (χ4n) is 2.87. The number of nitrogens with one attached hydrogen (secondary N) is 1. The number of anilines is 1. The molecule has 1 aliphatic carbocycles. The Morgan fingerprint density at radius 1 is 1.41 bits per heavy atom. The summed E-state index contributed by atoms with van der Waals surface area (Å²) in [5.74, 6) is 0.807. The van der Waals surface area contributed by atoms with Crippen LogP contribution in [-0.4, -0.2) is 26.8 Å². The number of aryl methyl sites for hydroxylation is 1. The summed E-state index contributed by atoms with van der Waals surface area (Å²) in [5.41, 5.74) is 0.590. The maximum absolute atomic E-state index is 12.1. The zero-order chi connectivity index (χ0) is 15.6. The minimum atomic E-state index is -0.841. The van der Waals surface area contributed by atoms with Crippen molar-refractivity contribution in [1.29, 1.82) is 0 Å². The first-order valence-electron chi connectivity index (χ1n) is 7.47. The van der Waals surface area contributed by atoms with Gasteiger partial charge in [-0.2, -0.15) is 4.98 Å². The highest BCUT2D eigenvalue weighted by atomic mass is 16.5. The van der Waals surface area contributed by atoms with Crippen LogP contribution in [-0.2, 0) is 4.79 Å². The SMILES string of the molecule is Cc1nc(-c2cccc(NC(=O)CC3(O)CCCC3)c2)no1. The van der Waals surface area contributed by atoms with E-state index in [4.69, 9.17) is 4.52 Å². The molecule has 6 nitrogen and oxygen atoms in total. The topological polar surface area (TPSA) is 88.2 Å². The average Bonchev–Trinajstić information content (AvgIpc) is 3.08. The molecule has 0 spiro atoms. The van der Waals surface area contributed by atoms with Crippen molar-refractivity contribution in [2.75, 3.05) is 5.32 Å². The summed E-state index contributed by atoms with van der Waals surface area (Å²) < 4.78 is 4.96. The molecular formula is C16H19N3O3. The quantitative estimate of drug-likeness (QED) is 0.906. The van der Waals surface area contributed by atoms with E-state index >= 15 is 0 Å². The lowest BCUT2D eigenvalue weighted by molar-refractivity contribution is -0.120. The van der Waals surface area contributed by atoms with Crippen LogP contribution in [0.25, 0.3) is 11.4 Å². The van der Waals surface area contributed by atoms with Gasteiger partial charge in [0.2, 0.25) is 17.6 Å². The number of carbonyl (C=O) groups is 1. The molecule has 0 radical (unpaired) electrons. The zero-order valence-electron chi connectivity index (χ0n) is 12.5. The fraction of sp³-hybridized carbons (Fsp3) is 0.438. The van der Waals surface area contributed by atoms with E-state index in [0.29, 0.717) is 30.2 Å². The van der Waals surface area contributed by atoms with Crippen molar-refractivity contribution in [2.45, 2.75) is 44.6 Å². The standard InChI is InChI=1S/C16H19N3O3/c1-11-17-15(19-22-11)12-5-4-6-13(9-12)18-14(20)10-16(21)7-2-3-8-16/h4-6,9,21H,2-3,7-8,10H2,1H3,(H,18,20). The monoisotopic (exact) mass is 301 g/mol. The Labute approximate surface area is 128 Å². The van der Waals surface area contributed by atoms with Gasteiger partial charge in [-0.1, -0.05) is 30.1 Å². The van der Waals surface area contributed by atoms with Crippen LogP contribution in [0.5, 0.6) is 0 Å². The molecule has 0 aliphatic heterocycles. The van der Waals surface area contributed by atoms with E-state index in [9.17, 15) is 9.90 Å². The Hall–Kier alpha value is -2.21. The third-order valence-electron chi connectivity index (χ3n) is 3.96. The number of aliphatic hydroxyl groups is 1. The van der Waals surface area contributed by atoms with Crippen LogP contribution < -0.4 is 5.32 Å². The van der Waals surface area contributed by atoms with Gasteiger partial charge in [0.1, 0.15) is 0 Å². The third kappa shape index (κ3) is 3.33. The average molecular weight is 301 g/mol. The Kier molecular flexibility index (Phi) is 3.94. The first kappa shape index (κ1) is 14.7. The molecule has 1 aliphatic rings. The molecule has 0 bridgehead atoms. The molecule has 0 atom stereocenters. The van der Waals surface area contributed by atoms with Gasteiger partial charge in [-0.05, 0) is 25.0 Å². The van der Waals surface area contributed by atoms with Gasteiger partial charge >= 0.3 is 0 Å². The molecule has 1 aromatic heterocycles. The van der Waals surface area contributed by atoms with E-state index in [1.54, 1.807) is 19.1 Å². The summed E-state index contributed by atoms with van der Waals surface area (Å²) in [6, 6.07) is 7.26. The molecule has 6 heteroatoms. The van der Waals surface area contributed by atoms with E-state index in [1.165, 1.54) is 0 Å². The van der Waals surface area contributed by atoms with Crippen molar-refractivity contribution < 1.29 is 14.4 Å². The Balaban J connectivity index is 1.69. The number of hydrogen-bond acceptors (Lipinski definition) is 5. The second-order valence-corrected chi connectivity index (χ2v) is 5.87. The third-order valence-corrected chi connectivity index (χ3v) is 3.96. The lowest BCUT2D eigenvalue weighted by Gasteiger charge is -2.21. The Morgan fingerprint density at radius 3 is 2.86 bits per heavy atom. The molecule has 1 aromatic carbocycles. The van der Waals surface area contributed by atoms with Gasteiger partial charge in [-0.3, -0.25) is 4.79 Å². The first-order valence-corrected chi connectivity index (χ1v) is 7.47. The molecular weight excluding hydrogens is 282 g/mol. The zero-order valence-corrected chi connectivity index (χ0v) is 12.5. The maximum Gasteiger partial charge on any atom is 0.227 e. The Morgan fingerprint density at radius 2 is 2.18 bits per heavy atom. The van der Waals surface area contributed by atoms with Gasteiger partial charge in [-0.25, -0.2) is 0 Å². The molecule has 2 aromatic rings. The van der Waals surface area contributed by atoms with Gasteiger partial charge in [-0.15, -0.1) is 0 Å². The summed E-state index contributed by atoms with van der Waals surface area (Å²) in [5, 5.41) is 17.0. The lowest BCUT2D eigenvalue weighted by Crippen LogP contribution is -2.30. The van der Waals surface area contributed by atoms with Crippen LogP contribution in [0, 0.1) is 6.92 Å². The fourth-order valence-corrected chi connectivity index (χ4v) is 2.87. The Bertz CT molecular complexity index is 675. The number of hydrogen-bond donors (Lipinski definition) is 2. The first-order chi connectivity index (χ1) is 10.5. The summed E-state index contributed by atoms with van der Waals surface area (Å²) >= 11 is 0. The van der Waals surface area contributed by atoms with Gasteiger partial charge in [0.05, 0.1) is 12.0 Å². The second kappa shape index (κ2) is 5.88.